The Morgan fingerprint density at radius 2 is 1.95 bits per heavy atom. The molecule has 1 aromatic heterocycles. The average molecular weight is 302 g/mol. The Labute approximate surface area is 128 Å². The van der Waals surface area contributed by atoms with Gasteiger partial charge >= 0.3 is 5.97 Å². The highest BCUT2D eigenvalue weighted by Crippen LogP contribution is 2.36. The lowest BCUT2D eigenvalue weighted by molar-refractivity contribution is 0.0690. The fraction of sp³-hybridized carbons (Fsp3) is 0.312. The quantitative estimate of drug-likeness (QED) is 0.670. The zero-order valence-electron chi connectivity index (χ0n) is 12.3. The van der Waals surface area contributed by atoms with Crippen molar-refractivity contribution >= 4 is 17.7 Å². The summed E-state index contributed by atoms with van der Waals surface area (Å²) in [6.07, 6.45) is 0.689. The van der Waals surface area contributed by atoms with Crippen LogP contribution in [0.4, 0.5) is 0 Å². The number of carboxylic acid groups (broad SMARTS) is 1. The van der Waals surface area contributed by atoms with Gasteiger partial charge in [-0.3, -0.25) is 0 Å². The largest absolute Gasteiger partial charge is 0.478 e. The number of benzene rings is 1. The first-order valence-corrected chi connectivity index (χ1v) is 7.73. The summed E-state index contributed by atoms with van der Waals surface area (Å²) in [5, 5.41) is 10.1. The summed E-state index contributed by atoms with van der Waals surface area (Å²) < 4.78 is 0. The second kappa shape index (κ2) is 6.72. The maximum atomic E-state index is 11.5. The van der Waals surface area contributed by atoms with Gasteiger partial charge in [0.2, 0.25) is 0 Å². The Morgan fingerprint density at radius 1 is 1.29 bits per heavy atom. The number of aromatic carboxylic acids is 1. The third-order valence-corrected chi connectivity index (χ3v) is 4.33. The summed E-state index contributed by atoms with van der Waals surface area (Å²) in [5.41, 5.74) is 1.88. The molecule has 0 saturated heterocycles. The van der Waals surface area contributed by atoms with Gasteiger partial charge in [0.25, 0.3) is 0 Å². The van der Waals surface area contributed by atoms with E-state index < -0.39 is 5.97 Å². The minimum absolute atomic E-state index is 0.128. The van der Waals surface area contributed by atoms with Gasteiger partial charge in [0.05, 0.1) is 5.69 Å². The van der Waals surface area contributed by atoms with Crippen LogP contribution in [-0.2, 0) is 6.42 Å². The molecule has 0 bridgehead atoms. The van der Waals surface area contributed by atoms with Crippen molar-refractivity contribution in [3.05, 3.63) is 53.0 Å². The molecule has 0 aliphatic carbocycles. The molecule has 1 aromatic carbocycles. The maximum Gasteiger partial charge on any atom is 0.340 e. The van der Waals surface area contributed by atoms with Gasteiger partial charge in [0.1, 0.15) is 16.4 Å². The molecule has 0 aliphatic rings. The van der Waals surface area contributed by atoms with E-state index in [-0.39, 0.29) is 10.8 Å². The number of carbonyl (C=O) groups is 1. The lowest BCUT2D eigenvalue weighted by Gasteiger charge is -2.14. The van der Waals surface area contributed by atoms with Gasteiger partial charge in [-0.15, -0.1) is 0 Å². The number of carboxylic acids is 1. The number of aryl methyl sites for hydroxylation is 2. The molecule has 5 heteroatoms. The molecule has 1 N–H and O–H groups in total. The molecule has 1 atom stereocenters. The van der Waals surface area contributed by atoms with Crippen LogP contribution in [0.2, 0.25) is 0 Å². The van der Waals surface area contributed by atoms with Crippen LogP contribution in [-0.4, -0.2) is 21.0 Å². The van der Waals surface area contributed by atoms with E-state index in [1.54, 1.807) is 6.92 Å². The van der Waals surface area contributed by atoms with E-state index in [1.807, 2.05) is 37.3 Å². The normalized spacial score (nSPS) is 12.1. The Morgan fingerprint density at radius 3 is 2.52 bits per heavy atom. The molecule has 2 rings (SSSR count). The molecule has 0 saturated carbocycles. The Kier molecular flexibility index (Phi) is 4.96. The fourth-order valence-electron chi connectivity index (χ4n) is 2.05. The van der Waals surface area contributed by atoms with Gasteiger partial charge < -0.3 is 5.11 Å². The number of nitrogens with zero attached hydrogens (tertiary/aromatic N) is 2. The van der Waals surface area contributed by atoms with Crippen molar-refractivity contribution in [3.63, 3.8) is 0 Å². The zero-order chi connectivity index (χ0) is 15.4. The third-order valence-electron chi connectivity index (χ3n) is 3.19. The number of hydrogen-bond acceptors (Lipinski definition) is 4. The van der Waals surface area contributed by atoms with Crippen LogP contribution in [0.3, 0.4) is 0 Å². The Bertz CT molecular complexity index is 644. The van der Waals surface area contributed by atoms with E-state index in [0.29, 0.717) is 23.0 Å². The summed E-state index contributed by atoms with van der Waals surface area (Å²) in [4.78, 5) is 20.1. The molecule has 0 radical (unpaired) electrons. The molecule has 1 unspecified atom stereocenters. The van der Waals surface area contributed by atoms with Crippen molar-refractivity contribution in [2.75, 3.05) is 0 Å². The van der Waals surface area contributed by atoms with E-state index in [1.165, 1.54) is 11.8 Å². The summed E-state index contributed by atoms with van der Waals surface area (Å²) in [5.74, 6) is -0.293. The molecule has 1 heterocycles. The minimum Gasteiger partial charge on any atom is -0.478 e. The lowest BCUT2D eigenvalue weighted by Crippen LogP contribution is -2.09. The van der Waals surface area contributed by atoms with Crippen molar-refractivity contribution in [2.45, 2.75) is 37.5 Å². The van der Waals surface area contributed by atoms with Crippen molar-refractivity contribution < 1.29 is 9.90 Å². The monoisotopic (exact) mass is 302 g/mol. The smallest absolute Gasteiger partial charge is 0.340 e. The molecule has 0 fully saturated rings. The molecule has 110 valence electrons. The van der Waals surface area contributed by atoms with Crippen molar-refractivity contribution in [1.29, 1.82) is 0 Å². The van der Waals surface area contributed by atoms with Gasteiger partial charge in [-0.2, -0.15) is 0 Å². The average Bonchev–Trinajstić information content (AvgIpc) is 2.47. The van der Waals surface area contributed by atoms with Crippen LogP contribution < -0.4 is 0 Å². The Balaban J connectivity index is 2.38. The predicted molar refractivity (Wildman–Crippen MR) is 83.8 cm³/mol. The highest BCUT2D eigenvalue weighted by atomic mass is 32.2. The zero-order valence-corrected chi connectivity index (χ0v) is 13.1. The highest BCUT2D eigenvalue weighted by molar-refractivity contribution is 7.99. The fourth-order valence-corrected chi connectivity index (χ4v) is 3.19. The van der Waals surface area contributed by atoms with Crippen LogP contribution in [0.25, 0.3) is 0 Å². The van der Waals surface area contributed by atoms with Gasteiger partial charge in [-0.05, 0) is 19.4 Å². The molecular weight excluding hydrogens is 284 g/mol. The topological polar surface area (TPSA) is 63.1 Å². The molecular formula is C16H18N2O2S. The van der Waals surface area contributed by atoms with E-state index in [2.05, 4.69) is 16.9 Å². The van der Waals surface area contributed by atoms with Crippen LogP contribution >= 0.6 is 11.8 Å². The second-order valence-corrected chi connectivity index (χ2v) is 6.06. The first kappa shape index (κ1) is 15.5. The number of aromatic nitrogens is 2. The van der Waals surface area contributed by atoms with E-state index in [4.69, 9.17) is 0 Å². The van der Waals surface area contributed by atoms with Gasteiger partial charge in [0.15, 0.2) is 0 Å². The molecule has 0 aliphatic heterocycles. The summed E-state index contributed by atoms with van der Waals surface area (Å²) in [6.45, 7) is 5.74. The van der Waals surface area contributed by atoms with Crippen LogP contribution in [0.5, 0.6) is 0 Å². The number of thioether (sulfide) groups is 1. The first-order chi connectivity index (χ1) is 10.0. The first-order valence-electron chi connectivity index (χ1n) is 6.85. The summed E-state index contributed by atoms with van der Waals surface area (Å²) in [6, 6.07) is 9.99. The third kappa shape index (κ3) is 3.61. The summed E-state index contributed by atoms with van der Waals surface area (Å²) in [7, 11) is 0. The van der Waals surface area contributed by atoms with Gasteiger partial charge in [-0.25, -0.2) is 14.8 Å². The highest BCUT2D eigenvalue weighted by Gasteiger charge is 2.20. The Hall–Kier alpha value is -1.88. The van der Waals surface area contributed by atoms with Crippen molar-refractivity contribution in [3.8, 4) is 0 Å². The van der Waals surface area contributed by atoms with Crippen LogP contribution in [0.1, 0.15) is 46.5 Å². The SMILES string of the molecule is CCc1nc(C)c(C(=O)O)c(SC(C)c2ccccc2)n1. The molecule has 21 heavy (non-hydrogen) atoms. The van der Waals surface area contributed by atoms with E-state index in [0.717, 1.165) is 5.56 Å². The summed E-state index contributed by atoms with van der Waals surface area (Å²) >= 11 is 1.46. The van der Waals surface area contributed by atoms with Gasteiger partial charge in [-0.1, -0.05) is 49.0 Å². The predicted octanol–water partition coefficient (Wildman–Crippen LogP) is 3.90. The van der Waals surface area contributed by atoms with Crippen molar-refractivity contribution in [1.82, 2.24) is 9.97 Å². The van der Waals surface area contributed by atoms with Crippen LogP contribution in [0, 0.1) is 6.92 Å². The van der Waals surface area contributed by atoms with Crippen LogP contribution in [0.15, 0.2) is 35.4 Å². The molecule has 4 nitrogen and oxygen atoms in total. The molecule has 0 spiro atoms. The van der Waals surface area contributed by atoms with E-state index >= 15 is 0 Å². The lowest BCUT2D eigenvalue weighted by atomic mass is 10.2. The van der Waals surface area contributed by atoms with Crippen molar-refractivity contribution in [2.24, 2.45) is 0 Å². The number of hydrogen-bond donors (Lipinski definition) is 1. The minimum atomic E-state index is -0.974. The molecule has 2 aromatic rings. The van der Waals surface area contributed by atoms with E-state index in [9.17, 15) is 9.90 Å². The molecule has 0 amide bonds. The number of rotatable bonds is 5. The second-order valence-electron chi connectivity index (χ2n) is 4.73. The van der Waals surface area contributed by atoms with Gasteiger partial charge in [0, 0.05) is 11.7 Å². The standard InChI is InChI=1S/C16H18N2O2S/c1-4-13-17-10(2)14(16(19)20)15(18-13)21-11(3)12-8-6-5-7-9-12/h5-9,11H,4H2,1-3H3,(H,19,20). The maximum absolute atomic E-state index is 11.5.